The molecule has 0 unspecified atom stereocenters. The van der Waals surface area contributed by atoms with E-state index < -0.39 is 0 Å². The Morgan fingerprint density at radius 2 is 2.00 bits per heavy atom. The fraction of sp³-hybridized carbons (Fsp3) is 0.533. The van der Waals surface area contributed by atoms with Crippen LogP contribution < -0.4 is 16.0 Å². The van der Waals surface area contributed by atoms with Crippen molar-refractivity contribution in [2.75, 3.05) is 23.8 Å². The van der Waals surface area contributed by atoms with E-state index in [0.29, 0.717) is 6.54 Å². The SMILES string of the molecule is CN1CC(=O)Nc2ccc(C3(N)CCCCC3)cc21. The quantitative estimate of drug-likeness (QED) is 0.813. The van der Waals surface area contributed by atoms with Crippen LogP contribution >= 0.6 is 0 Å². The lowest BCUT2D eigenvalue weighted by Crippen LogP contribution is -2.40. The van der Waals surface area contributed by atoms with Gasteiger partial charge in [-0.15, -0.1) is 0 Å². The second-order valence-corrected chi connectivity index (χ2v) is 5.85. The average molecular weight is 259 g/mol. The Hall–Kier alpha value is -1.55. The summed E-state index contributed by atoms with van der Waals surface area (Å²) < 4.78 is 0. The highest BCUT2D eigenvalue weighted by molar-refractivity contribution is 6.01. The van der Waals surface area contributed by atoms with E-state index in [1.165, 1.54) is 24.8 Å². The van der Waals surface area contributed by atoms with Gasteiger partial charge in [0.1, 0.15) is 0 Å². The molecule has 0 radical (unpaired) electrons. The molecule has 1 saturated carbocycles. The first-order valence-electron chi connectivity index (χ1n) is 7.03. The number of carbonyl (C=O) groups excluding carboxylic acids is 1. The maximum absolute atomic E-state index is 11.5. The molecule has 2 aliphatic rings. The van der Waals surface area contributed by atoms with E-state index in [2.05, 4.69) is 17.4 Å². The number of anilines is 2. The molecule has 1 aliphatic heterocycles. The monoisotopic (exact) mass is 259 g/mol. The minimum Gasteiger partial charge on any atom is -0.364 e. The van der Waals surface area contributed by atoms with Crippen molar-refractivity contribution in [3.63, 3.8) is 0 Å². The fourth-order valence-electron chi connectivity index (χ4n) is 3.22. The summed E-state index contributed by atoms with van der Waals surface area (Å²) in [5.74, 6) is 0.0443. The van der Waals surface area contributed by atoms with Crippen LogP contribution in [0.1, 0.15) is 37.7 Å². The summed E-state index contributed by atoms with van der Waals surface area (Å²) in [5, 5.41) is 2.91. The number of likely N-dealkylation sites (N-methyl/N-ethyl adjacent to an activating group) is 1. The zero-order chi connectivity index (χ0) is 13.5. The molecule has 1 fully saturated rings. The molecule has 4 heteroatoms. The Bertz CT molecular complexity index is 506. The fourth-order valence-corrected chi connectivity index (χ4v) is 3.22. The third kappa shape index (κ3) is 2.21. The number of rotatable bonds is 1. The van der Waals surface area contributed by atoms with Crippen LogP contribution in [0.2, 0.25) is 0 Å². The predicted octanol–water partition coefficient (Wildman–Crippen LogP) is 2.19. The smallest absolute Gasteiger partial charge is 0.243 e. The molecule has 1 amide bonds. The van der Waals surface area contributed by atoms with Crippen LogP contribution in [0.4, 0.5) is 11.4 Å². The van der Waals surface area contributed by atoms with Gasteiger partial charge in [-0.3, -0.25) is 4.79 Å². The maximum Gasteiger partial charge on any atom is 0.243 e. The molecule has 3 rings (SSSR count). The molecule has 0 atom stereocenters. The number of hydrogen-bond acceptors (Lipinski definition) is 3. The Morgan fingerprint density at radius 1 is 1.26 bits per heavy atom. The Kier molecular flexibility index (Phi) is 2.97. The van der Waals surface area contributed by atoms with Crippen molar-refractivity contribution in [3.05, 3.63) is 23.8 Å². The van der Waals surface area contributed by atoms with Gasteiger partial charge in [0.2, 0.25) is 5.91 Å². The zero-order valence-electron chi connectivity index (χ0n) is 11.4. The van der Waals surface area contributed by atoms with Gasteiger partial charge < -0.3 is 16.0 Å². The number of nitrogens with two attached hydrogens (primary N) is 1. The predicted molar refractivity (Wildman–Crippen MR) is 77.3 cm³/mol. The van der Waals surface area contributed by atoms with Crippen LogP contribution in [-0.2, 0) is 10.3 Å². The third-order valence-corrected chi connectivity index (χ3v) is 4.38. The zero-order valence-corrected chi connectivity index (χ0v) is 11.4. The molecule has 4 nitrogen and oxygen atoms in total. The number of amides is 1. The molecule has 3 N–H and O–H groups in total. The molecule has 0 bridgehead atoms. The topological polar surface area (TPSA) is 58.4 Å². The van der Waals surface area contributed by atoms with E-state index in [4.69, 9.17) is 5.73 Å². The molecule has 0 saturated heterocycles. The number of nitrogens with zero attached hydrogens (tertiary/aromatic N) is 1. The van der Waals surface area contributed by atoms with Crippen LogP contribution in [-0.4, -0.2) is 19.5 Å². The molecule has 19 heavy (non-hydrogen) atoms. The average Bonchev–Trinajstić information content (AvgIpc) is 2.39. The number of fused-ring (bicyclic) bond motifs is 1. The van der Waals surface area contributed by atoms with Crippen LogP contribution in [0, 0.1) is 0 Å². The first-order chi connectivity index (χ1) is 9.08. The van der Waals surface area contributed by atoms with Gasteiger partial charge in [-0.1, -0.05) is 25.3 Å². The minimum absolute atomic E-state index is 0.0443. The van der Waals surface area contributed by atoms with Crippen molar-refractivity contribution in [1.82, 2.24) is 0 Å². The highest BCUT2D eigenvalue weighted by Crippen LogP contribution is 2.38. The molecule has 1 aliphatic carbocycles. The number of benzene rings is 1. The number of nitrogens with one attached hydrogen (secondary N) is 1. The molecule has 1 aromatic carbocycles. The van der Waals surface area contributed by atoms with Crippen molar-refractivity contribution in [3.8, 4) is 0 Å². The van der Waals surface area contributed by atoms with E-state index in [-0.39, 0.29) is 11.4 Å². The van der Waals surface area contributed by atoms with Crippen LogP contribution in [0.5, 0.6) is 0 Å². The van der Waals surface area contributed by atoms with Crippen molar-refractivity contribution in [2.45, 2.75) is 37.6 Å². The van der Waals surface area contributed by atoms with Gasteiger partial charge >= 0.3 is 0 Å². The number of carbonyl (C=O) groups is 1. The summed E-state index contributed by atoms with van der Waals surface area (Å²) in [6, 6.07) is 6.21. The molecule has 102 valence electrons. The summed E-state index contributed by atoms with van der Waals surface area (Å²) in [5.41, 5.74) is 9.57. The summed E-state index contributed by atoms with van der Waals surface area (Å²) in [4.78, 5) is 13.5. The van der Waals surface area contributed by atoms with Crippen molar-refractivity contribution in [1.29, 1.82) is 0 Å². The Balaban J connectivity index is 1.97. The van der Waals surface area contributed by atoms with Gasteiger partial charge in [-0.05, 0) is 30.5 Å². The standard InChI is InChI=1S/C15H21N3O/c1-18-10-14(19)17-12-6-5-11(9-13(12)18)15(16)7-3-2-4-8-15/h5-6,9H,2-4,7-8,10,16H2,1H3,(H,17,19). The molecule has 0 spiro atoms. The van der Waals surface area contributed by atoms with E-state index in [0.717, 1.165) is 24.2 Å². The number of hydrogen-bond donors (Lipinski definition) is 2. The van der Waals surface area contributed by atoms with Gasteiger partial charge in [0.05, 0.1) is 17.9 Å². The lowest BCUT2D eigenvalue weighted by Gasteiger charge is -2.36. The molecule has 1 heterocycles. The summed E-state index contributed by atoms with van der Waals surface area (Å²) in [6.07, 6.45) is 5.82. The molecule has 1 aromatic rings. The van der Waals surface area contributed by atoms with Gasteiger partial charge in [-0.25, -0.2) is 0 Å². The van der Waals surface area contributed by atoms with E-state index in [1.807, 2.05) is 18.0 Å². The molecule has 0 aromatic heterocycles. The Morgan fingerprint density at radius 3 is 2.74 bits per heavy atom. The lowest BCUT2D eigenvalue weighted by molar-refractivity contribution is -0.115. The van der Waals surface area contributed by atoms with Gasteiger partial charge in [0, 0.05) is 12.6 Å². The third-order valence-electron chi connectivity index (χ3n) is 4.38. The van der Waals surface area contributed by atoms with Crippen molar-refractivity contribution >= 4 is 17.3 Å². The second kappa shape index (κ2) is 4.53. The van der Waals surface area contributed by atoms with Crippen LogP contribution in [0.3, 0.4) is 0 Å². The highest BCUT2D eigenvalue weighted by Gasteiger charge is 2.31. The molecular weight excluding hydrogens is 238 g/mol. The first kappa shape index (κ1) is 12.5. The second-order valence-electron chi connectivity index (χ2n) is 5.85. The minimum atomic E-state index is -0.185. The van der Waals surface area contributed by atoms with Crippen molar-refractivity contribution < 1.29 is 4.79 Å². The summed E-state index contributed by atoms with van der Waals surface area (Å²) >= 11 is 0. The normalized spacial score (nSPS) is 21.8. The van der Waals surface area contributed by atoms with Gasteiger partial charge in [0.25, 0.3) is 0 Å². The van der Waals surface area contributed by atoms with Crippen LogP contribution in [0.25, 0.3) is 0 Å². The van der Waals surface area contributed by atoms with Gasteiger partial charge in [0.15, 0.2) is 0 Å². The lowest BCUT2D eigenvalue weighted by atomic mass is 9.77. The van der Waals surface area contributed by atoms with Gasteiger partial charge in [-0.2, -0.15) is 0 Å². The summed E-state index contributed by atoms with van der Waals surface area (Å²) in [7, 11) is 1.95. The van der Waals surface area contributed by atoms with Crippen molar-refractivity contribution in [2.24, 2.45) is 5.73 Å². The maximum atomic E-state index is 11.5. The van der Waals surface area contributed by atoms with E-state index in [1.54, 1.807) is 0 Å². The molecular formula is C15H21N3O. The first-order valence-corrected chi connectivity index (χ1v) is 7.03. The highest BCUT2D eigenvalue weighted by atomic mass is 16.2. The van der Waals surface area contributed by atoms with E-state index >= 15 is 0 Å². The largest absolute Gasteiger partial charge is 0.364 e. The van der Waals surface area contributed by atoms with E-state index in [9.17, 15) is 4.79 Å². The van der Waals surface area contributed by atoms with Crippen LogP contribution in [0.15, 0.2) is 18.2 Å². The summed E-state index contributed by atoms with van der Waals surface area (Å²) in [6.45, 7) is 0.411. The Labute approximate surface area is 114 Å².